The Morgan fingerprint density at radius 2 is 1.93 bits per heavy atom. The number of anilines is 1. The van der Waals surface area contributed by atoms with Crippen molar-refractivity contribution in [2.24, 2.45) is 0 Å². The number of nitrogens with zero attached hydrogens (tertiary/aromatic N) is 3. The number of nitrogens with one attached hydrogen (secondary N) is 1. The van der Waals surface area contributed by atoms with E-state index in [9.17, 15) is 4.79 Å². The van der Waals surface area contributed by atoms with Gasteiger partial charge in [0.05, 0.1) is 31.1 Å². The highest BCUT2D eigenvalue weighted by atomic mass is 16.5. The molecule has 1 saturated heterocycles. The van der Waals surface area contributed by atoms with Crippen molar-refractivity contribution in [2.45, 2.75) is 51.4 Å². The molecule has 1 fully saturated rings. The van der Waals surface area contributed by atoms with E-state index in [4.69, 9.17) is 14.5 Å². The fourth-order valence-electron chi connectivity index (χ4n) is 4.16. The van der Waals surface area contributed by atoms with Crippen molar-refractivity contribution in [3.63, 3.8) is 0 Å². The van der Waals surface area contributed by atoms with E-state index in [1.807, 2.05) is 6.20 Å². The molecule has 4 rings (SSSR count). The molecule has 1 aliphatic heterocycles. The lowest BCUT2D eigenvalue weighted by Crippen LogP contribution is -2.46. The summed E-state index contributed by atoms with van der Waals surface area (Å²) in [5.41, 5.74) is 2.68. The normalized spacial score (nSPS) is 24.0. The van der Waals surface area contributed by atoms with Gasteiger partial charge in [-0.1, -0.05) is 0 Å². The first-order valence-electron chi connectivity index (χ1n) is 10.2. The number of methoxy groups -OCH3 is 1. The Morgan fingerprint density at radius 3 is 2.62 bits per heavy atom. The monoisotopic (exact) mass is 396 g/mol. The summed E-state index contributed by atoms with van der Waals surface area (Å²) in [5, 5.41) is 3.15. The van der Waals surface area contributed by atoms with E-state index in [0.29, 0.717) is 5.56 Å². The Hall–Kier alpha value is -2.67. The molecule has 7 nitrogen and oxygen atoms in total. The van der Waals surface area contributed by atoms with E-state index in [-0.39, 0.29) is 24.2 Å². The van der Waals surface area contributed by atoms with Crippen LogP contribution in [0.15, 0.2) is 30.5 Å². The predicted molar refractivity (Wildman–Crippen MR) is 110 cm³/mol. The second-order valence-electron chi connectivity index (χ2n) is 7.88. The molecule has 1 aromatic heterocycles. The highest BCUT2D eigenvalue weighted by Gasteiger charge is 2.28. The van der Waals surface area contributed by atoms with E-state index in [0.717, 1.165) is 55.3 Å². The summed E-state index contributed by atoms with van der Waals surface area (Å²) in [6, 6.07) is 7.08. The lowest BCUT2D eigenvalue weighted by atomic mass is 9.92. The molecule has 29 heavy (non-hydrogen) atoms. The van der Waals surface area contributed by atoms with Gasteiger partial charge in [-0.15, -0.1) is 0 Å². The molecule has 2 aliphatic rings. The predicted octanol–water partition coefficient (Wildman–Crippen LogP) is 2.91. The van der Waals surface area contributed by atoms with Crippen molar-refractivity contribution in [3.8, 4) is 5.75 Å². The van der Waals surface area contributed by atoms with Gasteiger partial charge >= 0.3 is 0 Å². The Labute approximate surface area is 171 Å². The van der Waals surface area contributed by atoms with E-state index in [1.165, 1.54) is 0 Å². The lowest BCUT2D eigenvalue weighted by molar-refractivity contribution is -0.00574. The molecule has 1 amide bonds. The molecule has 0 unspecified atom stereocenters. The molecule has 0 saturated carbocycles. The van der Waals surface area contributed by atoms with E-state index < -0.39 is 0 Å². The van der Waals surface area contributed by atoms with Crippen molar-refractivity contribution in [1.82, 2.24) is 15.3 Å². The number of rotatable bonds is 4. The van der Waals surface area contributed by atoms with Crippen LogP contribution in [0.25, 0.3) is 0 Å². The van der Waals surface area contributed by atoms with Crippen LogP contribution in [-0.4, -0.2) is 48.3 Å². The fraction of sp³-hybridized carbons (Fsp3) is 0.500. The van der Waals surface area contributed by atoms with Crippen LogP contribution in [0.4, 0.5) is 5.95 Å². The molecule has 7 heteroatoms. The minimum absolute atomic E-state index is 0.0649. The highest BCUT2D eigenvalue weighted by molar-refractivity contribution is 5.94. The van der Waals surface area contributed by atoms with Gasteiger partial charge in [-0.2, -0.15) is 0 Å². The van der Waals surface area contributed by atoms with E-state index >= 15 is 0 Å². The third-order valence-electron chi connectivity index (χ3n) is 5.53. The molecule has 0 radical (unpaired) electrons. The second kappa shape index (κ2) is 8.37. The van der Waals surface area contributed by atoms with Crippen LogP contribution >= 0.6 is 0 Å². The number of hydrogen-bond donors (Lipinski definition) is 1. The minimum Gasteiger partial charge on any atom is -0.497 e. The van der Waals surface area contributed by atoms with Gasteiger partial charge in [0.1, 0.15) is 5.75 Å². The molecular formula is C22H28N4O3. The molecule has 0 spiro atoms. The fourth-order valence-corrected chi connectivity index (χ4v) is 4.16. The third kappa shape index (κ3) is 4.34. The summed E-state index contributed by atoms with van der Waals surface area (Å²) < 4.78 is 11.0. The number of carbonyl (C=O) groups is 1. The molecule has 2 heterocycles. The van der Waals surface area contributed by atoms with Gasteiger partial charge in [0.25, 0.3) is 5.91 Å². The Bertz CT molecular complexity index is 861. The summed E-state index contributed by atoms with van der Waals surface area (Å²) in [7, 11) is 1.61. The first-order valence-corrected chi connectivity index (χ1v) is 10.2. The molecule has 154 valence electrons. The zero-order valence-corrected chi connectivity index (χ0v) is 17.2. The van der Waals surface area contributed by atoms with Gasteiger partial charge in [0, 0.05) is 30.4 Å². The van der Waals surface area contributed by atoms with Gasteiger partial charge in [0.15, 0.2) is 0 Å². The van der Waals surface area contributed by atoms with Gasteiger partial charge in [-0.3, -0.25) is 4.79 Å². The van der Waals surface area contributed by atoms with Crippen LogP contribution in [0, 0.1) is 0 Å². The molecule has 2 aromatic rings. The molecule has 1 aromatic carbocycles. The van der Waals surface area contributed by atoms with E-state index in [2.05, 4.69) is 29.0 Å². The smallest absolute Gasteiger partial charge is 0.251 e. The van der Waals surface area contributed by atoms with Crippen LogP contribution in [0.5, 0.6) is 5.75 Å². The minimum atomic E-state index is -0.0922. The maximum Gasteiger partial charge on any atom is 0.251 e. The summed E-state index contributed by atoms with van der Waals surface area (Å²) in [5.74, 6) is 1.40. The molecular weight excluding hydrogens is 368 g/mol. The van der Waals surface area contributed by atoms with Crippen LogP contribution in [-0.2, 0) is 11.2 Å². The molecule has 0 bridgehead atoms. The summed E-state index contributed by atoms with van der Waals surface area (Å²) >= 11 is 0. The summed E-state index contributed by atoms with van der Waals surface area (Å²) in [6.07, 6.45) is 5.01. The number of amides is 1. The largest absolute Gasteiger partial charge is 0.497 e. The maximum absolute atomic E-state index is 12.7. The van der Waals surface area contributed by atoms with Crippen LogP contribution in [0.3, 0.4) is 0 Å². The van der Waals surface area contributed by atoms with Gasteiger partial charge in [-0.25, -0.2) is 9.97 Å². The quantitative estimate of drug-likeness (QED) is 0.856. The zero-order valence-electron chi connectivity index (χ0n) is 17.2. The highest BCUT2D eigenvalue weighted by Crippen LogP contribution is 2.30. The van der Waals surface area contributed by atoms with Crippen molar-refractivity contribution < 1.29 is 14.3 Å². The Morgan fingerprint density at radius 1 is 1.21 bits per heavy atom. The average Bonchev–Trinajstić information content (AvgIpc) is 2.73. The number of carbonyl (C=O) groups excluding carboxylic acids is 1. The van der Waals surface area contributed by atoms with Crippen molar-refractivity contribution in [2.75, 3.05) is 25.1 Å². The van der Waals surface area contributed by atoms with Crippen LogP contribution in [0.2, 0.25) is 0 Å². The molecule has 1 aliphatic carbocycles. The van der Waals surface area contributed by atoms with Crippen molar-refractivity contribution in [3.05, 3.63) is 47.3 Å². The lowest BCUT2D eigenvalue weighted by Gasteiger charge is -2.36. The number of benzene rings is 1. The third-order valence-corrected chi connectivity index (χ3v) is 5.53. The summed E-state index contributed by atoms with van der Waals surface area (Å²) in [6.45, 7) is 5.74. The average molecular weight is 396 g/mol. The number of ether oxygens (including phenoxy) is 2. The first-order chi connectivity index (χ1) is 14.0. The topological polar surface area (TPSA) is 76.6 Å². The van der Waals surface area contributed by atoms with Crippen LogP contribution in [0.1, 0.15) is 54.3 Å². The first kappa shape index (κ1) is 19.6. The number of hydrogen-bond acceptors (Lipinski definition) is 6. The van der Waals surface area contributed by atoms with Gasteiger partial charge in [0.2, 0.25) is 5.95 Å². The molecule has 3 atom stereocenters. The number of aryl methyl sites for hydroxylation is 1. The molecule has 1 N–H and O–H groups in total. The number of morpholine rings is 1. The van der Waals surface area contributed by atoms with Gasteiger partial charge < -0.3 is 19.7 Å². The standard InChI is InChI=1S/C22H28N4O3/c1-14-12-26(13-15(2)29-14)22-23-11-18-19(5-4-6-20(18)25-22)24-21(27)16-7-9-17(28-3)10-8-16/h7-11,14-15,19H,4-6,12-13H2,1-3H3,(H,24,27)/t14-,15+,19-/m1/s1. The van der Waals surface area contributed by atoms with Gasteiger partial charge in [-0.05, 0) is 57.4 Å². The Balaban J connectivity index is 1.50. The Kier molecular flexibility index (Phi) is 5.67. The summed E-state index contributed by atoms with van der Waals surface area (Å²) in [4.78, 5) is 24.4. The zero-order chi connectivity index (χ0) is 20.4. The van der Waals surface area contributed by atoms with Crippen molar-refractivity contribution >= 4 is 11.9 Å². The SMILES string of the molecule is COc1ccc(C(=O)N[C@@H]2CCCc3nc(N4C[C@@H](C)O[C@@H](C)C4)ncc32)cc1. The maximum atomic E-state index is 12.7. The van der Waals surface area contributed by atoms with E-state index in [1.54, 1.807) is 31.4 Å². The van der Waals surface area contributed by atoms with Crippen LogP contribution < -0.4 is 15.0 Å². The number of fused-ring (bicyclic) bond motifs is 1. The van der Waals surface area contributed by atoms with Crippen molar-refractivity contribution in [1.29, 1.82) is 0 Å². The number of aromatic nitrogens is 2. The second-order valence-corrected chi connectivity index (χ2v) is 7.88.